The van der Waals surface area contributed by atoms with E-state index in [0.29, 0.717) is 23.0 Å². The van der Waals surface area contributed by atoms with E-state index >= 15 is 0 Å². The highest BCUT2D eigenvalue weighted by Gasteiger charge is 2.32. The number of carbonyl (C=O) groups is 2. The Hall–Kier alpha value is -3.90. The van der Waals surface area contributed by atoms with E-state index in [-0.39, 0.29) is 37.3 Å². The highest BCUT2D eigenvalue weighted by Crippen LogP contribution is 2.31. The van der Waals surface area contributed by atoms with Crippen molar-refractivity contribution in [1.82, 2.24) is 14.8 Å². The number of Topliss-reactive ketones (excluding diaryl/α,β-unsaturated/α-hetero) is 1. The van der Waals surface area contributed by atoms with E-state index in [4.69, 9.17) is 5.11 Å². The predicted octanol–water partition coefficient (Wildman–Crippen LogP) is 6.22. The number of anilines is 1. The van der Waals surface area contributed by atoms with Gasteiger partial charge >= 0.3 is 18.3 Å². The van der Waals surface area contributed by atoms with Gasteiger partial charge in [0, 0.05) is 31.0 Å². The van der Waals surface area contributed by atoms with Crippen molar-refractivity contribution < 1.29 is 41.0 Å². The van der Waals surface area contributed by atoms with Gasteiger partial charge < -0.3 is 10.4 Å². The van der Waals surface area contributed by atoms with Crippen molar-refractivity contribution >= 4 is 17.4 Å². The molecule has 2 aromatic heterocycles. The highest BCUT2D eigenvalue weighted by atomic mass is 19.4. The van der Waals surface area contributed by atoms with Crippen LogP contribution in [0, 0.1) is 0 Å². The quantitative estimate of drug-likeness (QED) is 0.227. The average molecular weight is 528 g/mol. The first-order valence-electron chi connectivity index (χ1n) is 11.1. The summed E-state index contributed by atoms with van der Waals surface area (Å²) in [5, 5.41) is 15.3. The van der Waals surface area contributed by atoms with E-state index in [1.807, 2.05) is 0 Å². The third-order valence-corrected chi connectivity index (χ3v) is 5.38. The number of carbonyl (C=O) groups excluding carboxylic acids is 1. The predicted molar refractivity (Wildman–Crippen MR) is 120 cm³/mol. The summed E-state index contributed by atoms with van der Waals surface area (Å²) in [4.78, 5) is 26.9. The summed E-state index contributed by atoms with van der Waals surface area (Å²) in [5.74, 6) is -1.21. The maximum atomic E-state index is 12.9. The Balaban J connectivity index is 1.74. The molecule has 0 fully saturated rings. The number of hydrogen-bond acceptors (Lipinski definition) is 5. The van der Waals surface area contributed by atoms with Crippen LogP contribution in [0.15, 0.2) is 55.0 Å². The number of ketones is 1. The minimum atomic E-state index is -4.57. The lowest BCUT2D eigenvalue weighted by molar-refractivity contribution is -0.138. The van der Waals surface area contributed by atoms with Gasteiger partial charge in [-0.2, -0.15) is 31.4 Å². The van der Waals surface area contributed by atoms with Crippen molar-refractivity contribution in [3.8, 4) is 5.82 Å². The molecule has 0 amide bonds. The molecular weight excluding hydrogens is 506 g/mol. The Morgan fingerprint density at radius 2 is 1.68 bits per heavy atom. The molecule has 1 atom stereocenters. The number of carboxylic acids is 1. The van der Waals surface area contributed by atoms with Gasteiger partial charge in [0.1, 0.15) is 0 Å². The number of halogens is 6. The molecule has 0 aliphatic carbocycles. The number of rotatable bonds is 11. The van der Waals surface area contributed by atoms with Crippen LogP contribution in [0.5, 0.6) is 0 Å². The maximum absolute atomic E-state index is 12.9. The molecule has 2 heterocycles. The molecule has 1 aromatic carbocycles. The molecule has 198 valence electrons. The van der Waals surface area contributed by atoms with Gasteiger partial charge in [-0.3, -0.25) is 9.59 Å². The number of aromatic nitrogens is 3. The van der Waals surface area contributed by atoms with Gasteiger partial charge in [-0.05, 0) is 30.5 Å². The number of alkyl halides is 6. The van der Waals surface area contributed by atoms with Crippen molar-refractivity contribution in [1.29, 1.82) is 0 Å². The number of nitrogens with one attached hydrogen (secondary N) is 1. The Bertz CT molecular complexity index is 1200. The molecule has 7 nitrogen and oxygen atoms in total. The number of carboxylic acid groups (broad SMARTS) is 1. The number of nitrogens with zero attached hydrogens (tertiary/aromatic N) is 3. The SMILES string of the molecule is O=C(O)CCCC(=O)c1ccc([C@H](CCC(F)(F)F)Nc2ccc(-n3cc(C(F)(F)F)cn3)nc2)cc1. The summed E-state index contributed by atoms with van der Waals surface area (Å²) in [7, 11) is 0. The Labute approximate surface area is 207 Å². The fraction of sp³-hybridized carbons (Fsp3) is 0.333. The summed E-state index contributed by atoms with van der Waals surface area (Å²) in [6.45, 7) is 0. The van der Waals surface area contributed by atoms with Crippen molar-refractivity contribution in [2.45, 2.75) is 50.5 Å². The van der Waals surface area contributed by atoms with Gasteiger partial charge in [-0.25, -0.2) is 9.67 Å². The molecule has 0 saturated carbocycles. The lowest BCUT2D eigenvalue weighted by Gasteiger charge is -2.21. The van der Waals surface area contributed by atoms with Crippen LogP contribution in [-0.4, -0.2) is 37.8 Å². The largest absolute Gasteiger partial charge is 0.481 e. The van der Waals surface area contributed by atoms with Crippen molar-refractivity contribution in [2.24, 2.45) is 0 Å². The molecule has 0 bridgehead atoms. The monoisotopic (exact) mass is 528 g/mol. The summed E-state index contributed by atoms with van der Waals surface area (Å²) >= 11 is 0. The third kappa shape index (κ3) is 8.33. The van der Waals surface area contributed by atoms with E-state index in [1.165, 1.54) is 42.6 Å². The van der Waals surface area contributed by atoms with Crippen LogP contribution in [0.3, 0.4) is 0 Å². The minimum Gasteiger partial charge on any atom is -0.481 e. The Kier molecular flexibility index (Phi) is 8.56. The van der Waals surface area contributed by atoms with Crippen molar-refractivity contribution in [3.63, 3.8) is 0 Å². The summed E-state index contributed by atoms with van der Waals surface area (Å²) < 4.78 is 78.1. The van der Waals surface area contributed by atoms with Gasteiger partial charge in [0.05, 0.1) is 29.7 Å². The average Bonchev–Trinajstić information content (AvgIpc) is 3.32. The van der Waals surface area contributed by atoms with E-state index in [2.05, 4.69) is 15.4 Å². The number of benzene rings is 1. The number of pyridine rings is 1. The molecule has 0 saturated heterocycles. The first-order valence-corrected chi connectivity index (χ1v) is 11.1. The van der Waals surface area contributed by atoms with Crippen LogP contribution in [-0.2, 0) is 11.0 Å². The Morgan fingerprint density at radius 1 is 0.973 bits per heavy atom. The normalized spacial score (nSPS) is 12.8. The summed E-state index contributed by atoms with van der Waals surface area (Å²) in [6.07, 6.45) is -7.64. The molecule has 0 spiro atoms. The zero-order valence-electron chi connectivity index (χ0n) is 19.2. The molecule has 3 aromatic rings. The zero-order chi connectivity index (χ0) is 27.2. The van der Waals surface area contributed by atoms with Crippen LogP contribution in [0.25, 0.3) is 5.82 Å². The number of hydrogen-bond donors (Lipinski definition) is 2. The molecule has 3 rings (SSSR count). The van der Waals surface area contributed by atoms with Gasteiger partial charge in [-0.1, -0.05) is 24.3 Å². The fourth-order valence-corrected chi connectivity index (χ4v) is 3.48. The molecular formula is C24H22F6N4O3. The second-order valence-corrected chi connectivity index (χ2v) is 8.22. The first-order chi connectivity index (χ1) is 17.3. The first kappa shape index (κ1) is 27.7. The second-order valence-electron chi connectivity index (χ2n) is 8.22. The van der Waals surface area contributed by atoms with Crippen LogP contribution in [0.4, 0.5) is 32.0 Å². The lowest BCUT2D eigenvalue weighted by Crippen LogP contribution is -2.16. The molecule has 0 radical (unpaired) electrons. The summed E-state index contributed by atoms with van der Waals surface area (Å²) in [6, 6.07) is 7.99. The van der Waals surface area contributed by atoms with Crippen LogP contribution < -0.4 is 5.32 Å². The molecule has 0 aliphatic rings. The minimum absolute atomic E-state index is 0.0279. The second kappa shape index (κ2) is 11.4. The van der Waals surface area contributed by atoms with E-state index in [9.17, 15) is 35.9 Å². The lowest BCUT2D eigenvalue weighted by atomic mass is 9.98. The van der Waals surface area contributed by atoms with E-state index < -0.39 is 36.3 Å². The van der Waals surface area contributed by atoms with Crippen LogP contribution in [0.2, 0.25) is 0 Å². The van der Waals surface area contributed by atoms with E-state index in [1.54, 1.807) is 0 Å². The van der Waals surface area contributed by atoms with Gasteiger partial charge in [-0.15, -0.1) is 0 Å². The smallest absolute Gasteiger partial charge is 0.419 e. The topological polar surface area (TPSA) is 97.1 Å². The molecule has 0 aliphatic heterocycles. The Morgan fingerprint density at radius 3 is 2.22 bits per heavy atom. The van der Waals surface area contributed by atoms with Crippen LogP contribution in [0.1, 0.15) is 59.6 Å². The molecule has 0 unspecified atom stereocenters. The summed E-state index contributed by atoms with van der Waals surface area (Å²) in [5.41, 5.74) is 0.157. The fourth-order valence-electron chi connectivity index (χ4n) is 3.48. The molecule has 13 heteroatoms. The molecule has 37 heavy (non-hydrogen) atoms. The zero-order valence-corrected chi connectivity index (χ0v) is 19.2. The molecule has 2 N–H and O–H groups in total. The van der Waals surface area contributed by atoms with Crippen molar-refractivity contribution in [2.75, 3.05) is 5.32 Å². The number of aliphatic carboxylic acids is 1. The van der Waals surface area contributed by atoms with Gasteiger partial charge in [0.15, 0.2) is 11.6 Å². The third-order valence-electron chi connectivity index (χ3n) is 5.38. The highest BCUT2D eigenvalue weighted by molar-refractivity contribution is 5.96. The van der Waals surface area contributed by atoms with Crippen molar-refractivity contribution in [3.05, 3.63) is 71.7 Å². The van der Waals surface area contributed by atoms with Gasteiger partial charge in [0.25, 0.3) is 0 Å². The van der Waals surface area contributed by atoms with E-state index in [0.717, 1.165) is 10.9 Å². The standard InChI is InChI=1S/C24H22F6N4O3/c25-23(26,27)11-10-19(15-4-6-16(7-5-15)20(35)2-1-3-22(36)37)33-18-8-9-21(31-13-18)34-14-17(12-32-34)24(28,29)30/h4-9,12-14,19,33H,1-3,10-11H2,(H,36,37)/t19-/m0/s1. The van der Waals surface area contributed by atoms with Gasteiger partial charge in [0.2, 0.25) is 0 Å². The maximum Gasteiger partial charge on any atom is 0.419 e. The van der Waals surface area contributed by atoms with Crippen LogP contribution >= 0.6 is 0 Å².